The number of nitrogens with two attached hydrogens (primary N) is 1. The topological polar surface area (TPSA) is 38.5 Å². The molecular formula is C13H18F2N2O. The van der Waals surface area contributed by atoms with E-state index in [0.717, 1.165) is 12.5 Å². The molecule has 2 atom stereocenters. The third kappa shape index (κ3) is 2.53. The summed E-state index contributed by atoms with van der Waals surface area (Å²) in [5.74, 6) is -1.64. The van der Waals surface area contributed by atoms with Crippen molar-refractivity contribution < 1.29 is 13.5 Å². The average molecular weight is 256 g/mol. The van der Waals surface area contributed by atoms with Crippen LogP contribution in [-0.2, 0) is 4.74 Å². The Balaban J connectivity index is 2.24. The number of halogens is 2. The average Bonchev–Trinajstić information content (AvgIpc) is 2.89. The molecular weight excluding hydrogens is 238 g/mol. The van der Waals surface area contributed by atoms with Gasteiger partial charge in [0.2, 0.25) is 0 Å². The molecule has 0 amide bonds. The van der Waals surface area contributed by atoms with Gasteiger partial charge >= 0.3 is 0 Å². The van der Waals surface area contributed by atoms with Gasteiger partial charge in [0.15, 0.2) is 11.6 Å². The van der Waals surface area contributed by atoms with Gasteiger partial charge in [-0.1, -0.05) is 12.1 Å². The summed E-state index contributed by atoms with van der Waals surface area (Å²) in [7, 11) is 1.88. The first-order valence-corrected chi connectivity index (χ1v) is 6.08. The van der Waals surface area contributed by atoms with Crippen molar-refractivity contribution in [2.75, 3.05) is 26.8 Å². The van der Waals surface area contributed by atoms with E-state index in [1.54, 1.807) is 6.07 Å². The zero-order valence-electron chi connectivity index (χ0n) is 10.4. The normalized spacial score (nSPS) is 21.5. The Morgan fingerprint density at radius 3 is 2.89 bits per heavy atom. The van der Waals surface area contributed by atoms with Crippen LogP contribution >= 0.6 is 0 Å². The highest BCUT2D eigenvalue weighted by molar-refractivity contribution is 5.23. The van der Waals surface area contributed by atoms with Crippen LogP contribution < -0.4 is 5.73 Å². The van der Waals surface area contributed by atoms with Crippen molar-refractivity contribution in [2.24, 2.45) is 5.73 Å². The minimum atomic E-state index is -0.831. The quantitative estimate of drug-likeness (QED) is 0.891. The van der Waals surface area contributed by atoms with Gasteiger partial charge in [-0.15, -0.1) is 0 Å². The zero-order chi connectivity index (χ0) is 13.1. The Morgan fingerprint density at radius 1 is 1.50 bits per heavy atom. The lowest BCUT2D eigenvalue weighted by Gasteiger charge is -2.32. The van der Waals surface area contributed by atoms with Crippen LogP contribution in [0.3, 0.4) is 0 Å². The van der Waals surface area contributed by atoms with Gasteiger partial charge in [0, 0.05) is 24.8 Å². The Bertz CT molecular complexity index is 408. The molecule has 2 rings (SSSR count). The summed E-state index contributed by atoms with van der Waals surface area (Å²) in [4.78, 5) is 1.98. The fraction of sp³-hybridized carbons (Fsp3) is 0.538. The van der Waals surface area contributed by atoms with E-state index in [1.807, 2.05) is 11.9 Å². The molecule has 0 aromatic heterocycles. The lowest BCUT2D eigenvalue weighted by atomic mass is 10.0. The summed E-state index contributed by atoms with van der Waals surface area (Å²) in [6.07, 6.45) is 0.893. The van der Waals surface area contributed by atoms with Crippen LogP contribution in [0.25, 0.3) is 0 Å². The van der Waals surface area contributed by atoms with Gasteiger partial charge in [-0.3, -0.25) is 4.90 Å². The molecule has 1 aromatic carbocycles. The van der Waals surface area contributed by atoms with Gasteiger partial charge in [-0.25, -0.2) is 8.78 Å². The molecule has 2 N–H and O–H groups in total. The molecule has 0 aliphatic carbocycles. The monoisotopic (exact) mass is 256 g/mol. The standard InChI is InChI=1S/C13H18F2N2O/c1-17(9-5-6-18-8-9)12(7-16)10-3-2-4-11(14)13(10)15/h2-4,9,12H,5-8,16H2,1H3. The lowest BCUT2D eigenvalue weighted by Crippen LogP contribution is -2.39. The van der Waals surface area contributed by atoms with E-state index in [2.05, 4.69) is 0 Å². The van der Waals surface area contributed by atoms with Crippen molar-refractivity contribution in [3.8, 4) is 0 Å². The SMILES string of the molecule is CN(C1CCOC1)C(CN)c1cccc(F)c1F. The minimum Gasteiger partial charge on any atom is -0.380 e. The zero-order valence-corrected chi connectivity index (χ0v) is 10.4. The first-order chi connectivity index (χ1) is 8.65. The van der Waals surface area contributed by atoms with E-state index in [1.165, 1.54) is 6.07 Å². The number of likely N-dealkylation sites (N-methyl/N-ethyl adjacent to an activating group) is 1. The maximum atomic E-state index is 13.8. The molecule has 2 unspecified atom stereocenters. The van der Waals surface area contributed by atoms with Crippen LogP contribution in [0.15, 0.2) is 18.2 Å². The highest BCUT2D eigenvalue weighted by atomic mass is 19.2. The molecule has 0 saturated carbocycles. The van der Waals surface area contributed by atoms with Crippen LogP contribution in [0.1, 0.15) is 18.0 Å². The van der Waals surface area contributed by atoms with E-state index in [9.17, 15) is 8.78 Å². The molecule has 1 aliphatic heterocycles. The van der Waals surface area contributed by atoms with Crippen LogP contribution in [-0.4, -0.2) is 37.7 Å². The third-order valence-corrected chi connectivity index (χ3v) is 3.54. The Hall–Kier alpha value is -1.04. The predicted octanol–water partition coefficient (Wildman–Crippen LogP) is 1.69. The van der Waals surface area contributed by atoms with Gasteiger partial charge in [0.1, 0.15) is 0 Å². The number of hydrogen-bond acceptors (Lipinski definition) is 3. The minimum absolute atomic E-state index is 0.209. The molecule has 1 fully saturated rings. The fourth-order valence-electron chi connectivity index (χ4n) is 2.39. The number of benzene rings is 1. The highest BCUT2D eigenvalue weighted by Crippen LogP contribution is 2.26. The van der Waals surface area contributed by atoms with Crippen LogP contribution in [0.5, 0.6) is 0 Å². The maximum Gasteiger partial charge on any atom is 0.163 e. The number of ether oxygens (including phenoxy) is 1. The molecule has 1 saturated heterocycles. The molecule has 1 aliphatic rings. The van der Waals surface area contributed by atoms with Crippen molar-refractivity contribution in [2.45, 2.75) is 18.5 Å². The third-order valence-electron chi connectivity index (χ3n) is 3.54. The Labute approximate surface area is 106 Å². The van der Waals surface area contributed by atoms with Crippen molar-refractivity contribution in [3.63, 3.8) is 0 Å². The molecule has 3 nitrogen and oxygen atoms in total. The summed E-state index contributed by atoms with van der Waals surface area (Å²) in [5, 5.41) is 0. The van der Waals surface area contributed by atoms with Crippen molar-refractivity contribution >= 4 is 0 Å². The lowest BCUT2D eigenvalue weighted by molar-refractivity contribution is 0.133. The molecule has 100 valence electrons. The molecule has 1 heterocycles. The van der Waals surface area contributed by atoms with Crippen molar-refractivity contribution in [1.82, 2.24) is 4.90 Å². The van der Waals surface area contributed by atoms with Gasteiger partial charge < -0.3 is 10.5 Å². The smallest absolute Gasteiger partial charge is 0.163 e. The number of nitrogens with zero attached hydrogens (tertiary/aromatic N) is 1. The van der Waals surface area contributed by atoms with Crippen molar-refractivity contribution in [3.05, 3.63) is 35.4 Å². The first kappa shape index (κ1) is 13.4. The largest absolute Gasteiger partial charge is 0.380 e. The second kappa shape index (κ2) is 5.73. The summed E-state index contributed by atoms with van der Waals surface area (Å²) >= 11 is 0. The molecule has 0 spiro atoms. The summed E-state index contributed by atoms with van der Waals surface area (Å²) in [6.45, 7) is 1.56. The summed E-state index contributed by atoms with van der Waals surface area (Å²) in [6, 6.07) is 4.09. The number of rotatable bonds is 4. The second-order valence-electron chi connectivity index (χ2n) is 4.58. The van der Waals surface area contributed by atoms with Gasteiger partial charge in [-0.2, -0.15) is 0 Å². The molecule has 0 bridgehead atoms. The Kier molecular flexibility index (Phi) is 4.27. The predicted molar refractivity (Wildman–Crippen MR) is 65.1 cm³/mol. The van der Waals surface area contributed by atoms with E-state index in [4.69, 9.17) is 10.5 Å². The first-order valence-electron chi connectivity index (χ1n) is 6.08. The molecule has 5 heteroatoms. The van der Waals surface area contributed by atoms with E-state index >= 15 is 0 Å². The summed E-state index contributed by atoms with van der Waals surface area (Å²) in [5.41, 5.74) is 6.03. The van der Waals surface area contributed by atoms with Gasteiger partial charge in [0.05, 0.1) is 12.6 Å². The molecule has 0 radical (unpaired) electrons. The van der Waals surface area contributed by atoms with E-state index in [0.29, 0.717) is 18.8 Å². The van der Waals surface area contributed by atoms with E-state index < -0.39 is 11.6 Å². The Morgan fingerprint density at radius 2 is 2.28 bits per heavy atom. The van der Waals surface area contributed by atoms with Crippen molar-refractivity contribution in [1.29, 1.82) is 0 Å². The second-order valence-corrected chi connectivity index (χ2v) is 4.58. The van der Waals surface area contributed by atoms with Gasteiger partial charge in [-0.05, 0) is 19.5 Å². The summed E-state index contributed by atoms with van der Waals surface area (Å²) < 4.78 is 32.4. The van der Waals surface area contributed by atoms with Crippen LogP contribution in [0.4, 0.5) is 8.78 Å². The number of hydrogen-bond donors (Lipinski definition) is 1. The maximum absolute atomic E-state index is 13.8. The molecule has 1 aromatic rings. The van der Waals surface area contributed by atoms with Gasteiger partial charge in [0.25, 0.3) is 0 Å². The van der Waals surface area contributed by atoms with Crippen LogP contribution in [0.2, 0.25) is 0 Å². The van der Waals surface area contributed by atoms with Crippen LogP contribution in [0, 0.1) is 11.6 Å². The molecule has 18 heavy (non-hydrogen) atoms. The fourth-order valence-corrected chi connectivity index (χ4v) is 2.39. The highest BCUT2D eigenvalue weighted by Gasteiger charge is 2.28. The van der Waals surface area contributed by atoms with E-state index in [-0.39, 0.29) is 18.6 Å².